The van der Waals surface area contributed by atoms with E-state index in [1.165, 1.54) is 0 Å². The highest BCUT2D eigenvalue weighted by atomic mass is 16.5. The van der Waals surface area contributed by atoms with Gasteiger partial charge < -0.3 is 19.5 Å². The van der Waals surface area contributed by atoms with Crippen molar-refractivity contribution >= 4 is 5.91 Å². The minimum Gasteiger partial charge on any atom is -0.496 e. The third-order valence-corrected chi connectivity index (χ3v) is 3.66. The molecule has 0 aliphatic heterocycles. The monoisotopic (exact) mass is 329 g/mol. The van der Waals surface area contributed by atoms with Gasteiger partial charge in [-0.1, -0.05) is 24.3 Å². The van der Waals surface area contributed by atoms with Crippen molar-refractivity contribution in [2.45, 2.75) is 19.9 Å². The fraction of sp³-hybridized carbons (Fsp3) is 0.316. The average molecular weight is 329 g/mol. The van der Waals surface area contributed by atoms with E-state index >= 15 is 0 Å². The second-order valence-electron chi connectivity index (χ2n) is 5.47. The molecule has 0 saturated carbocycles. The summed E-state index contributed by atoms with van der Waals surface area (Å²) >= 11 is 0. The lowest BCUT2D eigenvalue weighted by Crippen LogP contribution is -2.31. The van der Waals surface area contributed by atoms with Crippen molar-refractivity contribution in [3.8, 4) is 17.2 Å². The van der Waals surface area contributed by atoms with Crippen LogP contribution in [0.15, 0.2) is 42.5 Å². The first kappa shape index (κ1) is 17.7. The zero-order valence-corrected chi connectivity index (χ0v) is 14.5. The smallest absolute Gasteiger partial charge is 0.258 e. The number of carbonyl (C=O) groups excluding carboxylic acids is 1. The van der Waals surface area contributed by atoms with Crippen molar-refractivity contribution in [1.82, 2.24) is 5.32 Å². The Labute approximate surface area is 142 Å². The number of methoxy groups -OCH3 is 2. The van der Waals surface area contributed by atoms with Crippen LogP contribution in [0.2, 0.25) is 0 Å². The fourth-order valence-corrected chi connectivity index (χ4v) is 2.42. The number of hydrogen-bond acceptors (Lipinski definition) is 4. The van der Waals surface area contributed by atoms with Crippen molar-refractivity contribution in [1.29, 1.82) is 0 Å². The van der Waals surface area contributed by atoms with Crippen LogP contribution in [-0.2, 0) is 4.79 Å². The molecular formula is C19H23NO4. The van der Waals surface area contributed by atoms with Gasteiger partial charge in [0.15, 0.2) is 18.1 Å². The Balaban J connectivity index is 1.96. The van der Waals surface area contributed by atoms with E-state index < -0.39 is 0 Å². The third-order valence-electron chi connectivity index (χ3n) is 3.66. The number of rotatable bonds is 7. The van der Waals surface area contributed by atoms with Crippen LogP contribution in [0.5, 0.6) is 17.2 Å². The second kappa shape index (κ2) is 8.24. The molecule has 0 aliphatic rings. The maximum absolute atomic E-state index is 12.1. The Kier molecular flexibility index (Phi) is 6.07. The Morgan fingerprint density at radius 2 is 1.75 bits per heavy atom. The maximum Gasteiger partial charge on any atom is 0.258 e. The molecule has 1 atom stereocenters. The van der Waals surface area contributed by atoms with Crippen LogP contribution in [-0.4, -0.2) is 26.7 Å². The van der Waals surface area contributed by atoms with Crippen LogP contribution < -0.4 is 19.5 Å². The Hall–Kier alpha value is -2.69. The summed E-state index contributed by atoms with van der Waals surface area (Å²) in [5.41, 5.74) is 1.98. The first-order valence-corrected chi connectivity index (χ1v) is 7.75. The van der Waals surface area contributed by atoms with Crippen molar-refractivity contribution in [2.24, 2.45) is 0 Å². The van der Waals surface area contributed by atoms with Gasteiger partial charge in [-0.05, 0) is 37.6 Å². The fourth-order valence-electron chi connectivity index (χ4n) is 2.42. The predicted molar refractivity (Wildman–Crippen MR) is 92.8 cm³/mol. The molecule has 0 aliphatic carbocycles. The van der Waals surface area contributed by atoms with Gasteiger partial charge in [0.1, 0.15) is 5.75 Å². The van der Waals surface area contributed by atoms with Crippen LogP contribution in [0.4, 0.5) is 0 Å². The summed E-state index contributed by atoms with van der Waals surface area (Å²) in [6.45, 7) is 3.79. The molecule has 0 fully saturated rings. The molecule has 0 heterocycles. The van der Waals surface area contributed by atoms with Gasteiger partial charge in [0.05, 0.1) is 20.3 Å². The van der Waals surface area contributed by atoms with Crippen molar-refractivity contribution < 1.29 is 19.0 Å². The van der Waals surface area contributed by atoms with Gasteiger partial charge in [0.2, 0.25) is 0 Å². The van der Waals surface area contributed by atoms with Crippen LogP contribution >= 0.6 is 0 Å². The SMILES string of the molecule is COc1cc(C)ccc1OCC(=O)NC(C)c1ccccc1OC. The molecule has 5 heteroatoms. The molecule has 2 rings (SSSR count). The van der Waals surface area contributed by atoms with Gasteiger partial charge in [0.25, 0.3) is 5.91 Å². The Bertz CT molecular complexity index is 700. The summed E-state index contributed by atoms with van der Waals surface area (Å²) < 4.78 is 16.2. The van der Waals surface area contributed by atoms with E-state index in [9.17, 15) is 4.79 Å². The zero-order chi connectivity index (χ0) is 17.5. The largest absolute Gasteiger partial charge is 0.496 e. The highest BCUT2D eigenvalue weighted by Crippen LogP contribution is 2.28. The second-order valence-corrected chi connectivity index (χ2v) is 5.47. The number of ether oxygens (including phenoxy) is 3. The van der Waals surface area contributed by atoms with Crippen LogP contribution in [0, 0.1) is 6.92 Å². The first-order valence-electron chi connectivity index (χ1n) is 7.75. The molecule has 1 N–H and O–H groups in total. The summed E-state index contributed by atoms with van der Waals surface area (Å²) in [5, 5.41) is 2.91. The molecule has 128 valence electrons. The number of benzene rings is 2. The lowest BCUT2D eigenvalue weighted by atomic mass is 10.1. The van der Waals surface area contributed by atoms with Gasteiger partial charge in [-0.2, -0.15) is 0 Å². The van der Waals surface area contributed by atoms with Crippen LogP contribution in [0.25, 0.3) is 0 Å². The van der Waals surface area contributed by atoms with Crippen molar-refractivity contribution in [2.75, 3.05) is 20.8 Å². The van der Waals surface area contributed by atoms with Gasteiger partial charge in [-0.15, -0.1) is 0 Å². The molecule has 0 radical (unpaired) electrons. The van der Waals surface area contributed by atoms with E-state index in [-0.39, 0.29) is 18.6 Å². The van der Waals surface area contributed by atoms with E-state index in [1.807, 2.05) is 50.2 Å². The molecular weight excluding hydrogens is 306 g/mol. The summed E-state index contributed by atoms with van der Waals surface area (Å²) in [6.07, 6.45) is 0. The summed E-state index contributed by atoms with van der Waals surface area (Å²) in [6, 6.07) is 13.0. The number of amides is 1. The summed E-state index contributed by atoms with van der Waals surface area (Å²) in [4.78, 5) is 12.1. The number of carbonyl (C=O) groups is 1. The summed E-state index contributed by atoms with van der Waals surface area (Å²) in [7, 11) is 3.19. The minimum atomic E-state index is -0.212. The van der Waals surface area contributed by atoms with Crippen LogP contribution in [0.3, 0.4) is 0 Å². The molecule has 1 amide bonds. The molecule has 24 heavy (non-hydrogen) atoms. The predicted octanol–water partition coefficient (Wildman–Crippen LogP) is 3.27. The molecule has 0 saturated heterocycles. The van der Waals surface area contributed by atoms with E-state index in [0.29, 0.717) is 11.5 Å². The third kappa shape index (κ3) is 4.41. The van der Waals surface area contributed by atoms with Crippen molar-refractivity contribution in [3.63, 3.8) is 0 Å². The normalized spacial score (nSPS) is 11.5. The van der Waals surface area contributed by atoms with Gasteiger partial charge in [-0.25, -0.2) is 0 Å². The number of hydrogen-bond donors (Lipinski definition) is 1. The highest BCUT2D eigenvalue weighted by Gasteiger charge is 2.14. The highest BCUT2D eigenvalue weighted by molar-refractivity contribution is 5.78. The van der Waals surface area contributed by atoms with Gasteiger partial charge in [0, 0.05) is 5.56 Å². The molecule has 5 nitrogen and oxygen atoms in total. The molecule has 0 spiro atoms. The Morgan fingerprint density at radius 1 is 1.04 bits per heavy atom. The zero-order valence-electron chi connectivity index (χ0n) is 14.5. The van der Waals surface area contributed by atoms with E-state index in [2.05, 4.69) is 5.32 Å². The maximum atomic E-state index is 12.1. The van der Waals surface area contributed by atoms with Crippen molar-refractivity contribution in [3.05, 3.63) is 53.6 Å². The van der Waals surface area contributed by atoms with E-state index in [4.69, 9.17) is 14.2 Å². The minimum absolute atomic E-state index is 0.0844. The Morgan fingerprint density at radius 3 is 2.46 bits per heavy atom. The topological polar surface area (TPSA) is 56.8 Å². The molecule has 2 aromatic rings. The molecule has 2 aromatic carbocycles. The standard InChI is InChI=1S/C19H23NO4/c1-13-9-10-17(18(11-13)23-4)24-12-19(21)20-14(2)15-7-5-6-8-16(15)22-3/h5-11,14H,12H2,1-4H3,(H,20,21). The number of para-hydroxylation sites is 1. The number of aryl methyl sites for hydroxylation is 1. The lowest BCUT2D eigenvalue weighted by Gasteiger charge is -2.17. The first-order chi connectivity index (χ1) is 11.5. The number of nitrogens with one attached hydrogen (secondary N) is 1. The van der Waals surface area contributed by atoms with E-state index in [0.717, 1.165) is 16.9 Å². The molecule has 0 bridgehead atoms. The molecule has 0 aromatic heterocycles. The van der Waals surface area contributed by atoms with Gasteiger partial charge in [-0.3, -0.25) is 4.79 Å². The summed E-state index contributed by atoms with van der Waals surface area (Å²) in [5.74, 6) is 1.69. The lowest BCUT2D eigenvalue weighted by molar-refractivity contribution is -0.123. The van der Waals surface area contributed by atoms with E-state index in [1.54, 1.807) is 20.3 Å². The van der Waals surface area contributed by atoms with Crippen LogP contribution in [0.1, 0.15) is 24.1 Å². The molecule has 1 unspecified atom stereocenters. The quantitative estimate of drug-likeness (QED) is 0.847. The average Bonchev–Trinajstić information content (AvgIpc) is 2.60. The van der Waals surface area contributed by atoms with Gasteiger partial charge >= 0.3 is 0 Å².